The van der Waals surface area contributed by atoms with Crippen LogP contribution in [-0.4, -0.2) is 60.3 Å². The van der Waals surface area contributed by atoms with Crippen LogP contribution in [0, 0.1) is 0 Å². The number of rotatable bonds is 10. The number of guanidine groups is 1. The average molecular weight is 403 g/mol. The predicted octanol–water partition coefficient (Wildman–Crippen LogP) is 3.20. The Morgan fingerprint density at radius 1 is 1.18 bits per heavy atom. The Hall–Kier alpha value is -2.03. The van der Waals surface area contributed by atoms with Crippen LogP contribution in [0.25, 0.3) is 0 Å². The average Bonchev–Trinajstić information content (AvgIpc) is 2.61. The van der Waals surface area contributed by atoms with Crippen LogP contribution < -0.4 is 15.4 Å². The molecule has 6 nitrogen and oxygen atoms in total. The van der Waals surface area contributed by atoms with Crippen LogP contribution in [-0.2, 0) is 6.54 Å². The third kappa shape index (κ3) is 9.77. The number of aromatic nitrogens is 1. The molecule has 1 heterocycles. The van der Waals surface area contributed by atoms with Crippen molar-refractivity contribution in [3.05, 3.63) is 23.9 Å². The van der Waals surface area contributed by atoms with E-state index in [1.807, 2.05) is 6.92 Å². The molecule has 0 aliphatic rings. The highest BCUT2D eigenvalue weighted by Gasteiger charge is 2.28. The maximum atomic E-state index is 12.2. The Balaban J connectivity index is 2.57. The van der Waals surface area contributed by atoms with Crippen molar-refractivity contribution in [2.24, 2.45) is 4.99 Å². The Labute approximate surface area is 165 Å². The van der Waals surface area contributed by atoms with Gasteiger partial charge in [0.25, 0.3) is 0 Å². The van der Waals surface area contributed by atoms with Crippen LogP contribution in [0.3, 0.4) is 0 Å². The minimum Gasteiger partial charge on any atom is -0.468 e. The highest BCUT2D eigenvalue weighted by Crippen LogP contribution is 2.17. The van der Waals surface area contributed by atoms with Crippen molar-refractivity contribution >= 4 is 5.96 Å². The van der Waals surface area contributed by atoms with E-state index in [2.05, 4.69) is 57.9 Å². The summed E-state index contributed by atoms with van der Waals surface area (Å²) in [6.07, 6.45) is -2.91. The quantitative estimate of drug-likeness (QED) is 0.464. The third-order valence-corrected chi connectivity index (χ3v) is 3.93. The molecule has 9 heteroatoms. The van der Waals surface area contributed by atoms with E-state index >= 15 is 0 Å². The maximum absolute atomic E-state index is 12.2. The standard InChI is InChI=1S/C19H32F3N5O/c1-6-23-18(24-9-10-27(14(2)3)15(4)5)26-12-16-7-8-17(25-11-16)28-13-19(20,21)22/h7-8,11,14-15H,6,9-10,12-13H2,1-5H3,(H2,23,24,26). The van der Waals surface area contributed by atoms with Crippen LogP contribution in [0.15, 0.2) is 23.3 Å². The van der Waals surface area contributed by atoms with Gasteiger partial charge in [-0.05, 0) is 40.2 Å². The second-order valence-electron chi connectivity index (χ2n) is 6.96. The summed E-state index contributed by atoms with van der Waals surface area (Å²) in [4.78, 5) is 10.8. The zero-order chi connectivity index (χ0) is 21.2. The Morgan fingerprint density at radius 2 is 1.86 bits per heavy atom. The van der Waals surface area contributed by atoms with Crippen molar-refractivity contribution in [2.75, 3.05) is 26.2 Å². The molecule has 0 spiro atoms. The van der Waals surface area contributed by atoms with Gasteiger partial charge in [0.1, 0.15) is 0 Å². The second kappa shape index (κ2) is 11.7. The van der Waals surface area contributed by atoms with E-state index in [1.54, 1.807) is 6.07 Å². The van der Waals surface area contributed by atoms with Gasteiger partial charge < -0.3 is 15.4 Å². The largest absolute Gasteiger partial charge is 0.468 e. The minimum absolute atomic E-state index is 0.0578. The molecule has 0 saturated heterocycles. The highest BCUT2D eigenvalue weighted by atomic mass is 19.4. The second-order valence-corrected chi connectivity index (χ2v) is 6.96. The van der Waals surface area contributed by atoms with Crippen molar-refractivity contribution in [1.29, 1.82) is 0 Å². The van der Waals surface area contributed by atoms with Gasteiger partial charge in [-0.25, -0.2) is 9.98 Å². The van der Waals surface area contributed by atoms with Crippen LogP contribution >= 0.6 is 0 Å². The number of nitrogens with zero attached hydrogens (tertiary/aromatic N) is 3. The molecule has 0 aliphatic carbocycles. The van der Waals surface area contributed by atoms with E-state index in [1.165, 1.54) is 12.3 Å². The Kier molecular flexibility index (Phi) is 10.1. The summed E-state index contributed by atoms with van der Waals surface area (Å²) >= 11 is 0. The van der Waals surface area contributed by atoms with Gasteiger partial charge in [0.15, 0.2) is 12.6 Å². The molecule has 0 saturated carbocycles. The first-order valence-corrected chi connectivity index (χ1v) is 9.54. The van der Waals surface area contributed by atoms with Crippen LogP contribution in [0.1, 0.15) is 40.2 Å². The van der Waals surface area contributed by atoms with Crippen molar-refractivity contribution in [2.45, 2.75) is 59.4 Å². The van der Waals surface area contributed by atoms with Crippen LogP contribution in [0.4, 0.5) is 13.2 Å². The van der Waals surface area contributed by atoms with Gasteiger partial charge >= 0.3 is 6.18 Å². The lowest BCUT2D eigenvalue weighted by Gasteiger charge is -2.30. The van der Waals surface area contributed by atoms with Gasteiger partial charge in [-0.3, -0.25) is 4.90 Å². The molecule has 0 bridgehead atoms. The topological polar surface area (TPSA) is 61.8 Å². The molecule has 0 fully saturated rings. The smallest absolute Gasteiger partial charge is 0.422 e. The van der Waals surface area contributed by atoms with Gasteiger partial charge in [-0.1, -0.05) is 6.07 Å². The number of aliphatic imine (C=N–C) groups is 1. The number of ether oxygens (including phenoxy) is 1. The fourth-order valence-corrected chi connectivity index (χ4v) is 2.67. The van der Waals surface area contributed by atoms with Gasteiger partial charge in [-0.2, -0.15) is 13.2 Å². The molecule has 2 N–H and O–H groups in total. The van der Waals surface area contributed by atoms with Gasteiger partial charge in [0.05, 0.1) is 6.54 Å². The SMILES string of the molecule is CCNC(=NCc1ccc(OCC(F)(F)F)nc1)NCCN(C(C)C)C(C)C. The lowest BCUT2D eigenvalue weighted by atomic mass is 10.2. The number of hydrogen-bond acceptors (Lipinski definition) is 4. The summed E-state index contributed by atoms with van der Waals surface area (Å²) in [6, 6.07) is 4.00. The van der Waals surface area contributed by atoms with E-state index in [4.69, 9.17) is 0 Å². The molecule has 0 radical (unpaired) electrons. The molecule has 0 aromatic carbocycles. The fourth-order valence-electron chi connectivity index (χ4n) is 2.67. The summed E-state index contributed by atoms with van der Waals surface area (Å²) in [7, 11) is 0. The van der Waals surface area contributed by atoms with E-state index in [9.17, 15) is 13.2 Å². The lowest BCUT2D eigenvalue weighted by Crippen LogP contribution is -2.45. The molecular weight excluding hydrogens is 371 g/mol. The van der Waals surface area contributed by atoms with Gasteiger partial charge in [-0.15, -0.1) is 0 Å². The molecule has 1 aromatic rings. The van der Waals surface area contributed by atoms with Crippen LogP contribution in [0.5, 0.6) is 5.88 Å². The van der Waals surface area contributed by atoms with Gasteiger partial charge in [0.2, 0.25) is 5.88 Å². The lowest BCUT2D eigenvalue weighted by molar-refractivity contribution is -0.154. The molecule has 1 rings (SSSR count). The highest BCUT2D eigenvalue weighted by molar-refractivity contribution is 5.79. The summed E-state index contributed by atoms with van der Waals surface area (Å²) < 4.78 is 41.1. The van der Waals surface area contributed by atoms with E-state index in [-0.39, 0.29) is 5.88 Å². The van der Waals surface area contributed by atoms with Crippen molar-refractivity contribution in [1.82, 2.24) is 20.5 Å². The first-order chi connectivity index (χ1) is 13.1. The van der Waals surface area contributed by atoms with Crippen molar-refractivity contribution < 1.29 is 17.9 Å². The summed E-state index contributed by atoms with van der Waals surface area (Å²) in [5.41, 5.74) is 0.780. The minimum atomic E-state index is -4.38. The number of hydrogen-bond donors (Lipinski definition) is 2. The number of pyridine rings is 1. The summed E-state index contributed by atoms with van der Waals surface area (Å²) in [5, 5.41) is 6.49. The zero-order valence-corrected chi connectivity index (χ0v) is 17.3. The molecular formula is C19H32F3N5O. The zero-order valence-electron chi connectivity index (χ0n) is 17.3. The third-order valence-electron chi connectivity index (χ3n) is 3.93. The molecule has 0 aliphatic heterocycles. The number of alkyl halides is 3. The molecule has 0 unspecified atom stereocenters. The molecule has 0 amide bonds. The first-order valence-electron chi connectivity index (χ1n) is 9.54. The predicted molar refractivity (Wildman–Crippen MR) is 106 cm³/mol. The van der Waals surface area contributed by atoms with E-state index < -0.39 is 12.8 Å². The van der Waals surface area contributed by atoms with Crippen molar-refractivity contribution in [3.8, 4) is 5.88 Å². The normalized spacial score (nSPS) is 12.8. The van der Waals surface area contributed by atoms with Crippen molar-refractivity contribution in [3.63, 3.8) is 0 Å². The molecule has 160 valence electrons. The Bertz CT molecular complexity index is 580. The number of halogens is 3. The van der Waals surface area contributed by atoms with E-state index in [0.29, 0.717) is 24.6 Å². The maximum Gasteiger partial charge on any atom is 0.422 e. The molecule has 0 atom stereocenters. The first kappa shape index (κ1) is 24.0. The Morgan fingerprint density at radius 3 is 2.36 bits per heavy atom. The van der Waals surface area contributed by atoms with Gasteiger partial charge in [0, 0.05) is 44.0 Å². The molecule has 28 heavy (non-hydrogen) atoms. The van der Waals surface area contributed by atoms with E-state index in [0.717, 1.165) is 25.2 Å². The fraction of sp³-hybridized carbons (Fsp3) is 0.684. The number of nitrogens with one attached hydrogen (secondary N) is 2. The monoisotopic (exact) mass is 403 g/mol. The van der Waals surface area contributed by atoms with Crippen LogP contribution in [0.2, 0.25) is 0 Å². The summed E-state index contributed by atoms with van der Waals surface area (Å²) in [5.74, 6) is 0.630. The summed E-state index contributed by atoms with van der Waals surface area (Å²) in [6.45, 7) is 12.1. The molecule has 1 aromatic heterocycles.